The molecule has 1 heterocycles. The third kappa shape index (κ3) is 4.77. The van der Waals surface area contributed by atoms with Crippen LogP contribution in [0.25, 0.3) is 0 Å². The van der Waals surface area contributed by atoms with Gasteiger partial charge in [0.1, 0.15) is 5.82 Å². The number of carbonyl (C=O) groups is 1. The van der Waals surface area contributed by atoms with Crippen LogP contribution in [-0.2, 0) is 11.3 Å². The van der Waals surface area contributed by atoms with Crippen molar-refractivity contribution in [1.29, 1.82) is 0 Å². The Hall–Kier alpha value is -1.46. The SMILES string of the molecule is CC(C)C1CN(C(=O)C(C)(C)N)CCCN1Cc1ccc(F)cc1. The van der Waals surface area contributed by atoms with Crippen molar-refractivity contribution in [2.75, 3.05) is 19.6 Å². The van der Waals surface area contributed by atoms with E-state index in [9.17, 15) is 9.18 Å². The fourth-order valence-electron chi connectivity index (χ4n) is 3.31. The monoisotopic (exact) mass is 335 g/mol. The summed E-state index contributed by atoms with van der Waals surface area (Å²) in [5, 5.41) is 0. The van der Waals surface area contributed by atoms with Crippen LogP contribution in [-0.4, -0.2) is 46.9 Å². The molecule has 1 fully saturated rings. The molecule has 1 saturated heterocycles. The normalized spacial score (nSPS) is 20.3. The second kappa shape index (κ2) is 7.62. The highest BCUT2D eigenvalue weighted by atomic mass is 19.1. The Morgan fingerprint density at radius 3 is 2.46 bits per heavy atom. The lowest BCUT2D eigenvalue weighted by Crippen LogP contribution is -2.54. The number of hydrogen-bond donors (Lipinski definition) is 1. The van der Waals surface area contributed by atoms with Crippen molar-refractivity contribution < 1.29 is 9.18 Å². The van der Waals surface area contributed by atoms with Crippen LogP contribution < -0.4 is 5.73 Å². The maximum Gasteiger partial charge on any atom is 0.242 e. The molecule has 134 valence electrons. The average Bonchev–Trinajstić information content (AvgIpc) is 2.70. The van der Waals surface area contributed by atoms with Gasteiger partial charge in [-0.05, 0) is 43.9 Å². The van der Waals surface area contributed by atoms with Crippen molar-refractivity contribution in [2.45, 2.75) is 52.2 Å². The Morgan fingerprint density at radius 2 is 1.92 bits per heavy atom. The molecule has 1 aromatic rings. The summed E-state index contributed by atoms with van der Waals surface area (Å²) in [5.41, 5.74) is 6.27. The molecule has 0 saturated carbocycles. The first kappa shape index (κ1) is 18.9. The Balaban J connectivity index is 2.14. The Kier molecular flexibility index (Phi) is 5.99. The van der Waals surface area contributed by atoms with E-state index >= 15 is 0 Å². The van der Waals surface area contributed by atoms with Gasteiger partial charge in [0.2, 0.25) is 5.91 Å². The molecule has 1 atom stereocenters. The van der Waals surface area contributed by atoms with E-state index in [1.54, 1.807) is 13.8 Å². The van der Waals surface area contributed by atoms with E-state index < -0.39 is 5.54 Å². The molecule has 2 N–H and O–H groups in total. The van der Waals surface area contributed by atoms with E-state index in [1.165, 1.54) is 12.1 Å². The summed E-state index contributed by atoms with van der Waals surface area (Å²) in [5.74, 6) is 0.216. The van der Waals surface area contributed by atoms with Gasteiger partial charge < -0.3 is 10.6 Å². The van der Waals surface area contributed by atoms with Crippen molar-refractivity contribution in [2.24, 2.45) is 11.7 Å². The minimum Gasteiger partial charge on any atom is -0.339 e. The van der Waals surface area contributed by atoms with Crippen LogP contribution in [0.2, 0.25) is 0 Å². The lowest BCUT2D eigenvalue weighted by molar-refractivity contribution is -0.136. The highest BCUT2D eigenvalue weighted by Gasteiger charge is 2.33. The van der Waals surface area contributed by atoms with Gasteiger partial charge in [-0.1, -0.05) is 26.0 Å². The zero-order valence-corrected chi connectivity index (χ0v) is 15.3. The molecule has 24 heavy (non-hydrogen) atoms. The van der Waals surface area contributed by atoms with E-state index in [-0.39, 0.29) is 17.8 Å². The van der Waals surface area contributed by atoms with Crippen LogP contribution in [0.5, 0.6) is 0 Å². The predicted octanol–water partition coefficient (Wildman–Crippen LogP) is 2.62. The molecule has 1 aromatic carbocycles. The van der Waals surface area contributed by atoms with Gasteiger partial charge in [-0.25, -0.2) is 4.39 Å². The van der Waals surface area contributed by atoms with Gasteiger partial charge in [-0.15, -0.1) is 0 Å². The number of halogens is 1. The summed E-state index contributed by atoms with van der Waals surface area (Å²) in [4.78, 5) is 16.9. The number of hydrogen-bond acceptors (Lipinski definition) is 3. The first-order chi connectivity index (χ1) is 11.2. The van der Waals surface area contributed by atoms with Crippen LogP contribution in [0.1, 0.15) is 39.7 Å². The number of carbonyl (C=O) groups excluding carboxylic acids is 1. The van der Waals surface area contributed by atoms with Crippen molar-refractivity contribution in [3.8, 4) is 0 Å². The van der Waals surface area contributed by atoms with Gasteiger partial charge in [0.25, 0.3) is 0 Å². The molecule has 0 aromatic heterocycles. The van der Waals surface area contributed by atoms with E-state index in [0.717, 1.165) is 31.6 Å². The summed E-state index contributed by atoms with van der Waals surface area (Å²) in [6, 6.07) is 6.95. The van der Waals surface area contributed by atoms with Crippen LogP contribution in [0.3, 0.4) is 0 Å². The molecule has 4 nitrogen and oxygen atoms in total. The second-order valence-electron chi connectivity index (χ2n) is 7.73. The van der Waals surface area contributed by atoms with E-state index in [1.807, 2.05) is 17.0 Å². The van der Waals surface area contributed by atoms with Gasteiger partial charge in [0.15, 0.2) is 0 Å². The molecule has 0 bridgehead atoms. The van der Waals surface area contributed by atoms with Crippen LogP contribution in [0.4, 0.5) is 4.39 Å². The lowest BCUT2D eigenvalue weighted by Gasteiger charge is -2.36. The van der Waals surface area contributed by atoms with Crippen LogP contribution in [0.15, 0.2) is 24.3 Å². The van der Waals surface area contributed by atoms with E-state index in [0.29, 0.717) is 12.5 Å². The third-order valence-electron chi connectivity index (χ3n) is 4.66. The summed E-state index contributed by atoms with van der Waals surface area (Å²) < 4.78 is 13.1. The smallest absolute Gasteiger partial charge is 0.242 e. The molecule has 1 aliphatic heterocycles. The molecule has 1 unspecified atom stereocenters. The number of nitrogens with zero attached hydrogens (tertiary/aromatic N) is 2. The number of benzene rings is 1. The highest BCUT2D eigenvalue weighted by Crippen LogP contribution is 2.21. The molecule has 0 radical (unpaired) electrons. The third-order valence-corrected chi connectivity index (χ3v) is 4.66. The van der Waals surface area contributed by atoms with E-state index in [4.69, 9.17) is 5.73 Å². The number of nitrogens with two attached hydrogens (primary N) is 1. The molecular formula is C19H30FN3O. The van der Waals surface area contributed by atoms with E-state index in [2.05, 4.69) is 18.7 Å². The van der Waals surface area contributed by atoms with Crippen molar-refractivity contribution in [3.63, 3.8) is 0 Å². The van der Waals surface area contributed by atoms with Gasteiger partial charge in [-0.3, -0.25) is 9.69 Å². The zero-order valence-electron chi connectivity index (χ0n) is 15.3. The summed E-state index contributed by atoms with van der Waals surface area (Å²) in [6.07, 6.45) is 0.923. The minimum atomic E-state index is -0.840. The van der Waals surface area contributed by atoms with Crippen LogP contribution >= 0.6 is 0 Å². The fourth-order valence-corrected chi connectivity index (χ4v) is 3.31. The molecule has 1 aliphatic rings. The molecule has 5 heteroatoms. The summed E-state index contributed by atoms with van der Waals surface area (Å²) in [6.45, 7) is 11.0. The topological polar surface area (TPSA) is 49.6 Å². The average molecular weight is 335 g/mol. The number of rotatable bonds is 4. The van der Waals surface area contributed by atoms with Crippen molar-refractivity contribution >= 4 is 5.91 Å². The second-order valence-corrected chi connectivity index (χ2v) is 7.73. The molecule has 0 spiro atoms. The van der Waals surface area contributed by atoms with Gasteiger partial charge in [-0.2, -0.15) is 0 Å². The highest BCUT2D eigenvalue weighted by molar-refractivity contribution is 5.85. The van der Waals surface area contributed by atoms with Crippen molar-refractivity contribution in [1.82, 2.24) is 9.80 Å². The Bertz CT molecular complexity index is 551. The van der Waals surface area contributed by atoms with Gasteiger partial charge in [0.05, 0.1) is 5.54 Å². The standard InChI is InChI=1S/C19H30FN3O/c1-14(2)17-13-23(18(24)19(3,4)21)11-5-10-22(17)12-15-6-8-16(20)9-7-15/h6-9,14,17H,5,10-13,21H2,1-4H3. The largest absolute Gasteiger partial charge is 0.339 e. The Morgan fingerprint density at radius 1 is 1.29 bits per heavy atom. The molecular weight excluding hydrogens is 305 g/mol. The van der Waals surface area contributed by atoms with Crippen LogP contribution in [0, 0.1) is 11.7 Å². The molecule has 1 amide bonds. The molecule has 0 aliphatic carbocycles. The minimum absolute atomic E-state index is 0.0109. The predicted molar refractivity (Wildman–Crippen MR) is 94.9 cm³/mol. The Labute approximate surface area is 144 Å². The number of amides is 1. The first-order valence-electron chi connectivity index (χ1n) is 8.75. The first-order valence-corrected chi connectivity index (χ1v) is 8.75. The fraction of sp³-hybridized carbons (Fsp3) is 0.632. The van der Waals surface area contributed by atoms with Crippen molar-refractivity contribution in [3.05, 3.63) is 35.6 Å². The summed E-state index contributed by atoms with van der Waals surface area (Å²) in [7, 11) is 0. The zero-order chi connectivity index (χ0) is 17.9. The van der Waals surface area contributed by atoms with Gasteiger partial charge >= 0.3 is 0 Å². The quantitative estimate of drug-likeness (QED) is 0.920. The maximum absolute atomic E-state index is 13.1. The summed E-state index contributed by atoms with van der Waals surface area (Å²) >= 11 is 0. The molecule has 2 rings (SSSR count). The maximum atomic E-state index is 13.1. The lowest BCUT2D eigenvalue weighted by atomic mass is 9.99. The van der Waals surface area contributed by atoms with Gasteiger partial charge in [0, 0.05) is 32.2 Å².